The summed E-state index contributed by atoms with van der Waals surface area (Å²) < 4.78 is 12.8. The summed E-state index contributed by atoms with van der Waals surface area (Å²) in [6.07, 6.45) is 0. The van der Waals surface area contributed by atoms with Crippen LogP contribution in [0.5, 0.6) is 11.5 Å². The molecule has 0 heterocycles. The molecule has 5 heteroatoms. The molecule has 1 N–H and O–H groups in total. The maximum Gasteiger partial charge on any atom is 0.175 e. The van der Waals surface area contributed by atoms with Crippen LogP contribution in [0.15, 0.2) is 65.1 Å². The van der Waals surface area contributed by atoms with Gasteiger partial charge in [-0.3, -0.25) is 0 Å². The van der Waals surface area contributed by atoms with Gasteiger partial charge in [0.1, 0.15) is 6.61 Å². The normalized spacial score (nSPS) is 10.6. The SMILES string of the molecule is CCOc1cc(CNc2ccc(Cl)cc2)cc(Br)c1OCc1ccccc1C. The number of anilines is 1. The van der Waals surface area contributed by atoms with E-state index in [1.165, 1.54) is 5.56 Å². The first-order valence-electron chi connectivity index (χ1n) is 9.18. The number of aryl methyl sites for hydroxylation is 1. The average Bonchev–Trinajstić information content (AvgIpc) is 2.68. The van der Waals surface area contributed by atoms with E-state index in [2.05, 4.69) is 46.4 Å². The lowest BCUT2D eigenvalue weighted by molar-refractivity contribution is 0.267. The predicted octanol–water partition coefficient (Wildman–Crippen LogP) is 7.00. The molecule has 0 radical (unpaired) electrons. The van der Waals surface area contributed by atoms with Gasteiger partial charge < -0.3 is 14.8 Å². The fourth-order valence-electron chi connectivity index (χ4n) is 2.82. The van der Waals surface area contributed by atoms with Gasteiger partial charge in [0.05, 0.1) is 11.1 Å². The van der Waals surface area contributed by atoms with Gasteiger partial charge in [0.25, 0.3) is 0 Å². The molecule has 0 saturated carbocycles. The van der Waals surface area contributed by atoms with E-state index in [1.807, 2.05) is 49.4 Å². The van der Waals surface area contributed by atoms with Crippen LogP contribution in [0, 0.1) is 6.92 Å². The van der Waals surface area contributed by atoms with E-state index in [0.717, 1.165) is 37.8 Å². The van der Waals surface area contributed by atoms with Gasteiger partial charge in [0, 0.05) is 17.3 Å². The van der Waals surface area contributed by atoms with Gasteiger partial charge in [-0.25, -0.2) is 0 Å². The van der Waals surface area contributed by atoms with Crippen LogP contribution >= 0.6 is 27.5 Å². The van der Waals surface area contributed by atoms with E-state index in [0.29, 0.717) is 19.8 Å². The van der Waals surface area contributed by atoms with Crippen molar-refractivity contribution in [1.29, 1.82) is 0 Å². The highest BCUT2D eigenvalue weighted by molar-refractivity contribution is 9.10. The first-order chi connectivity index (χ1) is 13.6. The van der Waals surface area contributed by atoms with Crippen molar-refractivity contribution in [2.75, 3.05) is 11.9 Å². The van der Waals surface area contributed by atoms with Gasteiger partial charge >= 0.3 is 0 Å². The van der Waals surface area contributed by atoms with Crippen LogP contribution in [-0.2, 0) is 13.2 Å². The van der Waals surface area contributed by atoms with Crippen molar-refractivity contribution >= 4 is 33.2 Å². The quantitative estimate of drug-likeness (QED) is 0.392. The van der Waals surface area contributed by atoms with E-state index >= 15 is 0 Å². The van der Waals surface area contributed by atoms with Crippen molar-refractivity contribution in [1.82, 2.24) is 0 Å². The number of hydrogen-bond donors (Lipinski definition) is 1. The molecular formula is C23H23BrClNO2. The molecule has 146 valence electrons. The Bertz CT molecular complexity index is 928. The standard InChI is InChI=1S/C23H23BrClNO2/c1-3-27-22-13-17(14-26-20-10-8-19(25)9-11-20)12-21(24)23(22)28-15-18-7-5-4-6-16(18)2/h4-13,26H,3,14-15H2,1-2H3. The fourth-order valence-corrected chi connectivity index (χ4v) is 3.55. The smallest absolute Gasteiger partial charge is 0.175 e. The Morgan fingerprint density at radius 3 is 2.46 bits per heavy atom. The zero-order chi connectivity index (χ0) is 19.9. The van der Waals surface area contributed by atoms with Crippen LogP contribution in [0.1, 0.15) is 23.6 Å². The summed E-state index contributed by atoms with van der Waals surface area (Å²) in [4.78, 5) is 0. The first kappa shape index (κ1) is 20.6. The fraction of sp³-hybridized carbons (Fsp3) is 0.217. The average molecular weight is 461 g/mol. The molecule has 28 heavy (non-hydrogen) atoms. The molecule has 0 atom stereocenters. The Morgan fingerprint density at radius 2 is 1.75 bits per heavy atom. The molecule has 0 unspecified atom stereocenters. The number of nitrogens with one attached hydrogen (secondary N) is 1. The van der Waals surface area contributed by atoms with Gasteiger partial charge in [-0.2, -0.15) is 0 Å². The maximum absolute atomic E-state index is 6.11. The van der Waals surface area contributed by atoms with Crippen molar-refractivity contribution in [3.63, 3.8) is 0 Å². The summed E-state index contributed by atoms with van der Waals surface area (Å²) in [5.41, 5.74) is 4.47. The number of halogens is 2. The molecule has 0 aromatic heterocycles. The molecule has 0 saturated heterocycles. The Labute approximate surface area is 179 Å². The Morgan fingerprint density at radius 1 is 1.00 bits per heavy atom. The number of rotatable bonds is 8. The topological polar surface area (TPSA) is 30.5 Å². The van der Waals surface area contributed by atoms with E-state index in [-0.39, 0.29) is 0 Å². The second kappa shape index (κ2) is 9.85. The second-order valence-corrected chi connectivity index (χ2v) is 7.70. The van der Waals surface area contributed by atoms with Gasteiger partial charge in [-0.15, -0.1) is 0 Å². The number of ether oxygens (including phenoxy) is 2. The van der Waals surface area contributed by atoms with Crippen LogP contribution in [0.4, 0.5) is 5.69 Å². The molecule has 0 amide bonds. The molecular weight excluding hydrogens is 438 g/mol. The van der Waals surface area contributed by atoms with Crippen molar-refractivity contribution in [2.45, 2.75) is 27.0 Å². The van der Waals surface area contributed by atoms with Crippen LogP contribution in [0.3, 0.4) is 0 Å². The Kier molecular flexibility index (Phi) is 7.24. The zero-order valence-corrected chi connectivity index (χ0v) is 18.3. The largest absolute Gasteiger partial charge is 0.490 e. The molecule has 3 aromatic carbocycles. The number of hydrogen-bond acceptors (Lipinski definition) is 3. The van der Waals surface area contributed by atoms with Crippen LogP contribution in [-0.4, -0.2) is 6.61 Å². The van der Waals surface area contributed by atoms with Crippen molar-refractivity contribution in [2.24, 2.45) is 0 Å². The monoisotopic (exact) mass is 459 g/mol. The summed E-state index contributed by atoms with van der Waals surface area (Å²) in [5, 5.41) is 4.12. The third-order valence-corrected chi connectivity index (χ3v) is 5.18. The van der Waals surface area contributed by atoms with Gasteiger partial charge in [0.2, 0.25) is 0 Å². The summed E-state index contributed by atoms with van der Waals surface area (Å²) >= 11 is 9.59. The summed E-state index contributed by atoms with van der Waals surface area (Å²) in [5.74, 6) is 1.46. The van der Waals surface area contributed by atoms with Crippen molar-refractivity contribution in [3.05, 3.63) is 86.8 Å². The third kappa shape index (κ3) is 5.43. The van der Waals surface area contributed by atoms with Gasteiger partial charge in [-0.1, -0.05) is 35.9 Å². The van der Waals surface area contributed by atoms with E-state index in [4.69, 9.17) is 21.1 Å². The molecule has 0 fully saturated rings. The van der Waals surface area contributed by atoms with Crippen molar-refractivity contribution < 1.29 is 9.47 Å². The molecule has 0 aliphatic rings. The molecule has 0 aliphatic carbocycles. The van der Waals surface area contributed by atoms with Crippen LogP contribution in [0.2, 0.25) is 5.02 Å². The second-order valence-electron chi connectivity index (χ2n) is 6.41. The van der Waals surface area contributed by atoms with Gasteiger partial charge in [-0.05, 0) is 82.9 Å². The predicted molar refractivity (Wildman–Crippen MR) is 120 cm³/mol. The minimum Gasteiger partial charge on any atom is -0.490 e. The van der Waals surface area contributed by atoms with E-state index in [1.54, 1.807) is 0 Å². The number of benzene rings is 3. The minimum absolute atomic E-state index is 0.494. The van der Waals surface area contributed by atoms with Crippen LogP contribution in [0.25, 0.3) is 0 Å². The zero-order valence-electron chi connectivity index (χ0n) is 16.0. The van der Waals surface area contributed by atoms with E-state index < -0.39 is 0 Å². The lowest BCUT2D eigenvalue weighted by Crippen LogP contribution is -2.04. The molecule has 0 spiro atoms. The van der Waals surface area contributed by atoms with E-state index in [9.17, 15) is 0 Å². The highest BCUT2D eigenvalue weighted by Gasteiger charge is 2.13. The molecule has 3 aromatic rings. The molecule has 3 rings (SSSR count). The van der Waals surface area contributed by atoms with Crippen LogP contribution < -0.4 is 14.8 Å². The minimum atomic E-state index is 0.494. The Hall–Kier alpha value is -2.17. The third-order valence-electron chi connectivity index (χ3n) is 4.34. The lowest BCUT2D eigenvalue weighted by atomic mass is 10.1. The first-order valence-corrected chi connectivity index (χ1v) is 10.4. The molecule has 0 bridgehead atoms. The van der Waals surface area contributed by atoms with Gasteiger partial charge in [0.15, 0.2) is 11.5 Å². The lowest BCUT2D eigenvalue weighted by Gasteiger charge is -2.17. The highest BCUT2D eigenvalue weighted by atomic mass is 79.9. The summed E-state index contributed by atoms with van der Waals surface area (Å²) in [6.45, 7) is 5.79. The molecule has 3 nitrogen and oxygen atoms in total. The maximum atomic E-state index is 6.11. The molecule has 0 aliphatic heterocycles. The highest BCUT2D eigenvalue weighted by Crippen LogP contribution is 2.38. The Balaban J connectivity index is 1.75. The summed E-state index contributed by atoms with van der Waals surface area (Å²) in [7, 11) is 0. The summed E-state index contributed by atoms with van der Waals surface area (Å²) in [6, 6.07) is 19.9. The van der Waals surface area contributed by atoms with Crippen molar-refractivity contribution in [3.8, 4) is 11.5 Å².